The molecule has 3 aromatic rings. The molecule has 2 heterocycles. The van der Waals surface area contributed by atoms with Crippen LogP contribution >= 0.6 is 0 Å². The minimum Gasteiger partial charge on any atom is -0.486 e. The summed E-state index contributed by atoms with van der Waals surface area (Å²) in [4.78, 5) is 4.27. The van der Waals surface area contributed by atoms with E-state index in [4.69, 9.17) is 13.9 Å². The van der Waals surface area contributed by atoms with Crippen LogP contribution in [0.3, 0.4) is 0 Å². The standard InChI is InChI=1S/C12H15NO.C12H16O2/c1-8-13-10-6-5-9(12(2,3)4)7-11(10)14-8;1-12(2,3)9-4-5-10-11(8-9)14-7-6-13-10/h5-7H,1-4H3;4-5,8H,6-7H2,1-3H3. The Hall–Kier alpha value is -2.49. The van der Waals surface area contributed by atoms with Crippen LogP contribution < -0.4 is 9.47 Å². The molecule has 0 bridgehead atoms. The number of rotatable bonds is 0. The molecule has 4 rings (SSSR count). The van der Waals surface area contributed by atoms with E-state index in [-0.39, 0.29) is 10.8 Å². The van der Waals surface area contributed by atoms with Crippen molar-refractivity contribution in [2.75, 3.05) is 13.2 Å². The van der Waals surface area contributed by atoms with Gasteiger partial charge in [0.1, 0.15) is 18.7 Å². The molecule has 0 amide bonds. The van der Waals surface area contributed by atoms with Gasteiger partial charge in [-0.1, -0.05) is 53.7 Å². The van der Waals surface area contributed by atoms with Gasteiger partial charge in [0, 0.05) is 6.92 Å². The Morgan fingerprint density at radius 2 is 1.32 bits per heavy atom. The molecule has 0 N–H and O–H groups in total. The fourth-order valence-corrected chi connectivity index (χ4v) is 3.02. The van der Waals surface area contributed by atoms with E-state index in [1.54, 1.807) is 0 Å². The molecule has 0 fully saturated rings. The quantitative estimate of drug-likeness (QED) is 0.466. The molecule has 0 aliphatic carbocycles. The summed E-state index contributed by atoms with van der Waals surface area (Å²) in [5.74, 6) is 2.47. The van der Waals surface area contributed by atoms with Crippen LogP contribution in [0.25, 0.3) is 11.1 Å². The molecule has 1 aliphatic heterocycles. The number of aryl methyl sites for hydroxylation is 1. The third kappa shape index (κ3) is 4.67. The molecule has 4 heteroatoms. The van der Waals surface area contributed by atoms with Crippen molar-refractivity contribution >= 4 is 11.1 Å². The summed E-state index contributed by atoms with van der Waals surface area (Å²) in [6.07, 6.45) is 0. The summed E-state index contributed by atoms with van der Waals surface area (Å²) in [6.45, 7) is 16.3. The number of oxazole rings is 1. The van der Waals surface area contributed by atoms with Crippen LogP contribution in [0.15, 0.2) is 40.8 Å². The van der Waals surface area contributed by atoms with Gasteiger partial charge in [-0.15, -0.1) is 0 Å². The fourth-order valence-electron chi connectivity index (χ4n) is 3.02. The number of ether oxygens (including phenoxy) is 2. The average molecular weight is 382 g/mol. The summed E-state index contributed by atoms with van der Waals surface area (Å²) in [5.41, 5.74) is 4.71. The van der Waals surface area contributed by atoms with Crippen molar-refractivity contribution in [1.82, 2.24) is 4.98 Å². The highest BCUT2D eigenvalue weighted by molar-refractivity contribution is 5.73. The molecule has 0 saturated heterocycles. The van der Waals surface area contributed by atoms with Crippen LogP contribution in [0.2, 0.25) is 0 Å². The molecular weight excluding hydrogens is 350 g/mol. The predicted octanol–water partition coefficient (Wildman–Crippen LogP) is 6.19. The van der Waals surface area contributed by atoms with Gasteiger partial charge in [-0.25, -0.2) is 4.98 Å². The smallest absolute Gasteiger partial charge is 0.192 e. The van der Waals surface area contributed by atoms with Crippen LogP contribution in [0.4, 0.5) is 0 Å². The second kappa shape index (κ2) is 7.50. The molecule has 28 heavy (non-hydrogen) atoms. The maximum Gasteiger partial charge on any atom is 0.192 e. The van der Waals surface area contributed by atoms with Gasteiger partial charge in [0.05, 0.1) is 0 Å². The summed E-state index contributed by atoms with van der Waals surface area (Å²) in [5, 5.41) is 0. The SMILES string of the molecule is CC(C)(C)c1ccc2c(c1)OCCO2.Cc1nc2ccc(C(C)(C)C)cc2o1. The van der Waals surface area contributed by atoms with E-state index in [9.17, 15) is 0 Å². The zero-order chi connectivity index (χ0) is 20.5. The summed E-state index contributed by atoms with van der Waals surface area (Å²) < 4.78 is 16.5. The molecular formula is C24H31NO3. The van der Waals surface area contributed by atoms with Crippen molar-refractivity contribution in [3.8, 4) is 11.5 Å². The summed E-state index contributed by atoms with van der Waals surface area (Å²) in [7, 11) is 0. The van der Waals surface area contributed by atoms with Crippen molar-refractivity contribution < 1.29 is 13.9 Å². The number of fused-ring (bicyclic) bond motifs is 2. The Bertz CT molecular complexity index is 958. The van der Waals surface area contributed by atoms with Gasteiger partial charge in [0.25, 0.3) is 0 Å². The monoisotopic (exact) mass is 381 g/mol. The third-order valence-electron chi connectivity index (χ3n) is 4.77. The fraction of sp³-hybridized carbons (Fsp3) is 0.458. The highest BCUT2D eigenvalue weighted by atomic mass is 16.6. The predicted molar refractivity (Wildman–Crippen MR) is 114 cm³/mol. The zero-order valence-corrected chi connectivity index (χ0v) is 18.1. The maximum absolute atomic E-state index is 5.53. The van der Waals surface area contributed by atoms with Gasteiger partial charge in [0.15, 0.2) is 23.0 Å². The lowest BCUT2D eigenvalue weighted by Gasteiger charge is -2.23. The van der Waals surface area contributed by atoms with Crippen LogP contribution in [0.5, 0.6) is 11.5 Å². The molecule has 1 aliphatic rings. The third-order valence-corrected chi connectivity index (χ3v) is 4.77. The molecule has 1 aromatic heterocycles. The number of nitrogens with zero attached hydrogens (tertiary/aromatic N) is 1. The first kappa shape index (κ1) is 20.2. The van der Waals surface area contributed by atoms with Crippen LogP contribution in [-0.4, -0.2) is 18.2 Å². The second-order valence-electron chi connectivity index (χ2n) is 9.27. The van der Waals surface area contributed by atoms with Gasteiger partial charge < -0.3 is 13.9 Å². The van der Waals surface area contributed by atoms with Crippen molar-refractivity contribution in [2.24, 2.45) is 0 Å². The zero-order valence-electron chi connectivity index (χ0n) is 18.1. The first-order valence-electron chi connectivity index (χ1n) is 9.82. The first-order chi connectivity index (χ1) is 13.0. The summed E-state index contributed by atoms with van der Waals surface area (Å²) >= 11 is 0. The van der Waals surface area contributed by atoms with Gasteiger partial charge in [0.2, 0.25) is 0 Å². The Labute approximate surface area is 167 Å². The normalized spacial score (nSPS) is 13.8. The highest BCUT2D eigenvalue weighted by Gasteiger charge is 2.18. The number of benzene rings is 2. The van der Waals surface area contributed by atoms with E-state index >= 15 is 0 Å². The van der Waals surface area contributed by atoms with Crippen LogP contribution in [-0.2, 0) is 10.8 Å². The van der Waals surface area contributed by atoms with Crippen molar-refractivity contribution in [2.45, 2.75) is 59.3 Å². The van der Waals surface area contributed by atoms with Crippen molar-refractivity contribution in [3.05, 3.63) is 53.4 Å². The van der Waals surface area contributed by atoms with Gasteiger partial charge in [-0.05, 0) is 46.2 Å². The first-order valence-corrected chi connectivity index (χ1v) is 9.82. The maximum atomic E-state index is 5.53. The van der Waals surface area contributed by atoms with E-state index in [2.05, 4.69) is 70.8 Å². The van der Waals surface area contributed by atoms with Gasteiger partial charge in [-0.3, -0.25) is 0 Å². The lowest BCUT2D eigenvalue weighted by atomic mass is 9.87. The van der Waals surface area contributed by atoms with Gasteiger partial charge in [-0.2, -0.15) is 0 Å². The molecule has 2 aromatic carbocycles. The Kier molecular flexibility index (Phi) is 5.42. The van der Waals surface area contributed by atoms with Crippen molar-refractivity contribution in [3.63, 3.8) is 0 Å². The van der Waals surface area contributed by atoms with Gasteiger partial charge >= 0.3 is 0 Å². The Morgan fingerprint density at radius 1 is 0.750 bits per heavy atom. The minimum atomic E-state index is 0.162. The topological polar surface area (TPSA) is 44.5 Å². The lowest BCUT2D eigenvalue weighted by Crippen LogP contribution is -2.17. The van der Waals surface area contributed by atoms with E-state index in [0.717, 1.165) is 28.5 Å². The molecule has 0 saturated carbocycles. The lowest BCUT2D eigenvalue weighted by molar-refractivity contribution is 0.171. The van der Waals surface area contributed by atoms with E-state index in [0.29, 0.717) is 13.2 Å². The molecule has 0 spiro atoms. The molecule has 0 atom stereocenters. The molecule has 4 nitrogen and oxygen atoms in total. The number of aromatic nitrogens is 1. The summed E-state index contributed by atoms with van der Waals surface area (Å²) in [6, 6.07) is 12.4. The number of hydrogen-bond donors (Lipinski definition) is 0. The number of hydrogen-bond acceptors (Lipinski definition) is 4. The Morgan fingerprint density at radius 3 is 1.96 bits per heavy atom. The largest absolute Gasteiger partial charge is 0.486 e. The Balaban J connectivity index is 0.000000161. The minimum absolute atomic E-state index is 0.162. The average Bonchev–Trinajstić information content (AvgIpc) is 2.99. The van der Waals surface area contributed by atoms with E-state index in [1.807, 2.05) is 19.1 Å². The second-order valence-corrected chi connectivity index (χ2v) is 9.27. The van der Waals surface area contributed by atoms with E-state index in [1.165, 1.54) is 11.1 Å². The van der Waals surface area contributed by atoms with Crippen LogP contribution in [0.1, 0.15) is 58.6 Å². The highest BCUT2D eigenvalue weighted by Crippen LogP contribution is 2.34. The molecule has 150 valence electrons. The molecule has 0 radical (unpaired) electrons. The van der Waals surface area contributed by atoms with Crippen molar-refractivity contribution in [1.29, 1.82) is 0 Å². The molecule has 0 unspecified atom stereocenters. The van der Waals surface area contributed by atoms with Crippen LogP contribution in [0, 0.1) is 6.92 Å². The van der Waals surface area contributed by atoms with E-state index < -0.39 is 0 Å².